The van der Waals surface area contributed by atoms with Crippen molar-refractivity contribution in [2.24, 2.45) is 0 Å². The Hall–Kier alpha value is 0.283. The number of rotatable bonds is 0. The number of hydrogen-bond acceptors (Lipinski definition) is 7. The standard InChI is InChI=1S/CH2O3.Cu.H2O4S.Zn/c2-1(3)4;;1-5(2,3)4;/h(H2,2,3,4);;(H2,1,2,3,4);/q;+2;;+2/p-4. The predicted molar refractivity (Wildman–Crippen MR) is 15.9 cm³/mol. The fourth-order valence-corrected chi connectivity index (χ4v) is 0. The van der Waals surface area contributed by atoms with E-state index in [1.807, 2.05) is 0 Å². The maximum atomic E-state index is 8.52. The van der Waals surface area contributed by atoms with Crippen LogP contribution in [-0.4, -0.2) is 23.7 Å². The summed E-state index contributed by atoms with van der Waals surface area (Å²) in [5.74, 6) is 0. The Morgan fingerprint density at radius 3 is 1.09 bits per heavy atom. The molecular formula is CCuO7SZn. The summed E-state index contributed by atoms with van der Waals surface area (Å²) in [5, 5.41) is 16.7. The van der Waals surface area contributed by atoms with Crippen molar-refractivity contribution in [1.82, 2.24) is 0 Å². The molecule has 0 amide bonds. The molecule has 0 unspecified atom stereocenters. The third-order valence-electron chi connectivity index (χ3n) is 0. The van der Waals surface area contributed by atoms with Crippen molar-refractivity contribution in [1.29, 1.82) is 0 Å². The molecule has 7 nitrogen and oxygen atoms in total. The zero-order valence-corrected chi connectivity index (χ0v) is 9.50. The molecular weight excluding hydrogens is 285 g/mol. The van der Waals surface area contributed by atoms with Gasteiger partial charge in [-0.1, -0.05) is 0 Å². The average Bonchev–Trinajstić information content (AvgIpc) is 1.19. The van der Waals surface area contributed by atoms with Crippen molar-refractivity contribution in [3.8, 4) is 0 Å². The van der Waals surface area contributed by atoms with Crippen molar-refractivity contribution in [3.63, 3.8) is 0 Å². The normalized spacial score (nSPS) is 7.45. The van der Waals surface area contributed by atoms with Crippen LogP contribution in [-0.2, 0) is 46.9 Å². The fraction of sp³-hybridized carbons (Fsp3) is 0. The molecule has 0 aromatic heterocycles. The summed E-state index contributed by atoms with van der Waals surface area (Å²) < 4.78 is 34.1. The first-order chi connectivity index (χ1) is 3.73. The van der Waals surface area contributed by atoms with Crippen LogP contribution in [0.15, 0.2) is 0 Å². The Morgan fingerprint density at radius 1 is 1.09 bits per heavy atom. The van der Waals surface area contributed by atoms with Crippen LogP contribution in [0.4, 0.5) is 4.79 Å². The van der Waals surface area contributed by atoms with Crippen LogP contribution < -0.4 is 10.2 Å². The molecule has 65 valence electrons. The van der Waals surface area contributed by atoms with Crippen LogP contribution in [0.1, 0.15) is 0 Å². The minimum Gasteiger partial charge on any atom is -0.759 e. The van der Waals surface area contributed by atoms with E-state index in [9.17, 15) is 0 Å². The Bertz CT molecular complexity index is 161. The average molecular weight is 285 g/mol. The molecule has 10 heteroatoms. The van der Waals surface area contributed by atoms with Gasteiger partial charge in [-0.15, -0.1) is 0 Å². The molecule has 11 heavy (non-hydrogen) atoms. The van der Waals surface area contributed by atoms with Crippen LogP contribution >= 0.6 is 0 Å². The van der Waals surface area contributed by atoms with E-state index in [-0.39, 0.29) is 36.5 Å². The summed E-state index contributed by atoms with van der Waals surface area (Å²) in [6.45, 7) is 0. The van der Waals surface area contributed by atoms with Gasteiger partial charge in [0.2, 0.25) is 0 Å². The molecule has 0 fully saturated rings. The summed E-state index contributed by atoms with van der Waals surface area (Å²) >= 11 is 0. The van der Waals surface area contributed by atoms with Crippen molar-refractivity contribution < 1.29 is 69.1 Å². The van der Waals surface area contributed by atoms with Crippen molar-refractivity contribution >= 4 is 16.6 Å². The van der Waals surface area contributed by atoms with Crippen molar-refractivity contribution in [2.75, 3.05) is 0 Å². The SMILES string of the molecule is O=C([O-])[O-].O=S(=O)([O-])[O-].[Cu+2].[Zn+2]. The summed E-state index contributed by atoms with van der Waals surface area (Å²) in [5.41, 5.74) is 0. The second-order valence-corrected chi connectivity index (χ2v) is 1.47. The second-order valence-electron chi connectivity index (χ2n) is 0.658. The van der Waals surface area contributed by atoms with Gasteiger partial charge in [-0.3, -0.25) is 8.42 Å². The molecule has 0 heterocycles. The zero-order chi connectivity index (χ0) is 8.08. The van der Waals surface area contributed by atoms with Gasteiger partial charge in [-0.25, -0.2) is 0 Å². The Kier molecular flexibility index (Phi) is 21.0. The van der Waals surface area contributed by atoms with Gasteiger partial charge in [0.15, 0.2) is 0 Å². The smallest absolute Gasteiger partial charge is 0.759 e. The van der Waals surface area contributed by atoms with Crippen LogP contribution in [0.3, 0.4) is 0 Å². The van der Waals surface area contributed by atoms with Crippen molar-refractivity contribution in [2.45, 2.75) is 0 Å². The van der Waals surface area contributed by atoms with Gasteiger partial charge in [0, 0.05) is 10.4 Å². The van der Waals surface area contributed by atoms with Gasteiger partial charge in [0.05, 0.1) is 0 Å². The first-order valence-electron chi connectivity index (χ1n) is 1.28. The van der Waals surface area contributed by atoms with E-state index in [1.54, 1.807) is 0 Å². The maximum Gasteiger partial charge on any atom is 2.00 e. The minimum absolute atomic E-state index is 0. The van der Waals surface area contributed by atoms with E-state index in [2.05, 4.69) is 0 Å². The molecule has 0 saturated heterocycles. The van der Waals surface area contributed by atoms with E-state index in [1.165, 1.54) is 0 Å². The van der Waals surface area contributed by atoms with Gasteiger partial charge < -0.3 is 24.1 Å². The molecule has 0 aliphatic carbocycles. The van der Waals surface area contributed by atoms with E-state index < -0.39 is 16.6 Å². The molecule has 0 N–H and O–H groups in total. The summed E-state index contributed by atoms with van der Waals surface area (Å²) in [7, 11) is -5.17. The summed E-state index contributed by atoms with van der Waals surface area (Å²) in [6.07, 6.45) is -2.33. The minimum atomic E-state index is -5.17. The molecule has 0 rings (SSSR count). The molecule has 0 bridgehead atoms. The fourth-order valence-electron chi connectivity index (χ4n) is 0. The maximum absolute atomic E-state index is 8.52. The topological polar surface area (TPSA) is 143 Å². The second kappa shape index (κ2) is 10.3. The zero-order valence-electron chi connectivity index (χ0n) is 4.77. The first-order valence-corrected chi connectivity index (χ1v) is 2.61. The number of hydrogen-bond donors (Lipinski definition) is 0. The van der Waals surface area contributed by atoms with Gasteiger partial charge in [0.1, 0.15) is 0 Å². The van der Waals surface area contributed by atoms with E-state index in [4.69, 9.17) is 32.5 Å². The summed E-state index contributed by atoms with van der Waals surface area (Å²) in [4.78, 5) is 8.33. The molecule has 0 aromatic carbocycles. The number of carboxylic acid groups (broad SMARTS) is 2. The van der Waals surface area contributed by atoms with Crippen LogP contribution in [0.5, 0.6) is 0 Å². The largest absolute Gasteiger partial charge is 2.00 e. The van der Waals surface area contributed by atoms with Gasteiger partial charge in [-0.2, -0.15) is 0 Å². The third-order valence-corrected chi connectivity index (χ3v) is 0. The number of carbonyl (C=O) groups is 1. The Morgan fingerprint density at radius 2 is 1.09 bits per heavy atom. The van der Waals surface area contributed by atoms with E-state index in [0.717, 1.165) is 0 Å². The Balaban J connectivity index is -0.0000000383. The van der Waals surface area contributed by atoms with Gasteiger partial charge in [-0.05, 0) is 6.16 Å². The van der Waals surface area contributed by atoms with E-state index >= 15 is 0 Å². The van der Waals surface area contributed by atoms with Crippen molar-refractivity contribution in [3.05, 3.63) is 0 Å². The molecule has 0 saturated carbocycles. The Labute approximate surface area is 85.6 Å². The van der Waals surface area contributed by atoms with Gasteiger partial charge in [0.25, 0.3) is 0 Å². The summed E-state index contributed by atoms with van der Waals surface area (Å²) in [6, 6.07) is 0. The third kappa shape index (κ3) is 8820. The van der Waals surface area contributed by atoms with Crippen LogP contribution in [0.2, 0.25) is 0 Å². The quantitative estimate of drug-likeness (QED) is 0.252. The predicted octanol–water partition coefficient (Wildman–Crippen LogP) is -3.79. The first kappa shape index (κ1) is 22.5. The molecule has 0 aliphatic rings. The molecule has 0 spiro atoms. The molecule has 0 aromatic rings. The number of carbonyl (C=O) groups excluding carboxylic acids is 1. The molecule has 0 atom stereocenters. The van der Waals surface area contributed by atoms with Crippen LogP contribution in [0.25, 0.3) is 0 Å². The monoisotopic (exact) mass is 283 g/mol. The van der Waals surface area contributed by atoms with Crippen LogP contribution in [0, 0.1) is 0 Å². The van der Waals surface area contributed by atoms with E-state index in [0.29, 0.717) is 0 Å². The van der Waals surface area contributed by atoms with Gasteiger partial charge >= 0.3 is 36.5 Å². The molecule has 0 aliphatic heterocycles. The molecule has 1 radical (unpaired) electrons.